The lowest BCUT2D eigenvalue weighted by Crippen LogP contribution is -2.23. The maximum atomic E-state index is 9.96. The summed E-state index contributed by atoms with van der Waals surface area (Å²) < 4.78 is 0. The lowest BCUT2D eigenvalue weighted by molar-refractivity contribution is 0.0398. The first-order valence-corrected chi connectivity index (χ1v) is 5.14. The van der Waals surface area contributed by atoms with E-state index in [4.69, 9.17) is 0 Å². The molecule has 0 spiro atoms. The van der Waals surface area contributed by atoms with Crippen molar-refractivity contribution in [1.82, 2.24) is 0 Å². The van der Waals surface area contributed by atoms with Crippen molar-refractivity contribution in [1.29, 1.82) is 0 Å². The van der Waals surface area contributed by atoms with Crippen LogP contribution in [0.2, 0.25) is 0 Å². The van der Waals surface area contributed by atoms with Crippen LogP contribution in [0.4, 0.5) is 0 Å². The van der Waals surface area contributed by atoms with Gasteiger partial charge < -0.3 is 5.11 Å². The maximum Gasteiger partial charge on any atom is 0.0650 e. The van der Waals surface area contributed by atoms with Gasteiger partial charge in [0.05, 0.1) is 5.60 Å². The summed E-state index contributed by atoms with van der Waals surface area (Å²) in [6.45, 7) is 2.14. The highest BCUT2D eigenvalue weighted by atomic mass is 16.3. The number of aliphatic hydroxyl groups is 1. The van der Waals surface area contributed by atoms with Crippen molar-refractivity contribution in [2.75, 3.05) is 0 Å². The molecular weight excluding hydrogens is 148 g/mol. The molecule has 0 atom stereocenters. The van der Waals surface area contributed by atoms with Gasteiger partial charge in [0.1, 0.15) is 0 Å². The molecule has 0 bridgehead atoms. The SMILES string of the molecule is CCC=CCCC1(O)CCCC1. The molecule has 0 aromatic heterocycles. The van der Waals surface area contributed by atoms with E-state index >= 15 is 0 Å². The lowest BCUT2D eigenvalue weighted by Gasteiger charge is -2.20. The first-order valence-electron chi connectivity index (χ1n) is 5.14. The van der Waals surface area contributed by atoms with E-state index in [1.54, 1.807) is 0 Å². The zero-order valence-corrected chi connectivity index (χ0v) is 8.05. The Morgan fingerprint density at radius 2 is 1.92 bits per heavy atom. The van der Waals surface area contributed by atoms with Gasteiger partial charge >= 0.3 is 0 Å². The molecule has 0 aromatic rings. The van der Waals surface area contributed by atoms with E-state index in [0.717, 1.165) is 32.1 Å². The van der Waals surface area contributed by atoms with Crippen molar-refractivity contribution >= 4 is 0 Å². The number of rotatable bonds is 4. The van der Waals surface area contributed by atoms with Crippen LogP contribution in [0.15, 0.2) is 12.2 Å². The lowest BCUT2D eigenvalue weighted by atomic mass is 9.96. The van der Waals surface area contributed by atoms with E-state index in [2.05, 4.69) is 19.1 Å². The van der Waals surface area contributed by atoms with Crippen molar-refractivity contribution < 1.29 is 5.11 Å². The van der Waals surface area contributed by atoms with Crippen LogP contribution >= 0.6 is 0 Å². The van der Waals surface area contributed by atoms with Gasteiger partial charge in [-0.25, -0.2) is 0 Å². The van der Waals surface area contributed by atoms with Gasteiger partial charge in [0, 0.05) is 0 Å². The van der Waals surface area contributed by atoms with Gasteiger partial charge in [-0.3, -0.25) is 0 Å². The van der Waals surface area contributed by atoms with E-state index in [1.807, 2.05) is 0 Å². The van der Waals surface area contributed by atoms with Gasteiger partial charge in [0.15, 0.2) is 0 Å². The molecule has 0 aliphatic heterocycles. The largest absolute Gasteiger partial charge is 0.390 e. The Hall–Kier alpha value is -0.300. The molecule has 12 heavy (non-hydrogen) atoms. The summed E-state index contributed by atoms with van der Waals surface area (Å²) in [6, 6.07) is 0. The minimum Gasteiger partial charge on any atom is -0.390 e. The fourth-order valence-electron chi connectivity index (χ4n) is 1.92. The summed E-state index contributed by atoms with van der Waals surface area (Å²) in [5, 5.41) is 9.96. The molecular formula is C11H20O. The fourth-order valence-corrected chi connectivity index (χ4v) is 1.92. The minimum absolute atomic E-state index is 0.307. The smallest absolute Gasteiger partial charge is 0.0650 e. The average Bonchev–Trinajstić information content (AvgIpc) is 2.47. The highest BCUT2D eigenvalue weighted by Crippen LogP contribution is 2.33. The molecule has 1 saturated carbocycles. The Bertz CT molecular complexity index is 143. The Kier molecular flexibility index (Phi) is 3.80. The molecule has 1 heteroatoms. The van der Waals surface area contributed by atoms with Crippen molar-refractivity contribution in [2.24, 2.45) is 0 Å². The molecule has 1 aliphatic carbocycles. The zero-order valence-electron chi connectivity index (χ0n) is 8.05. The highest BCUT2D eigenvalue weighted by molar-refractivity contribution is 4.88. The highest BCUT2D eigenvalue weighted by Gasteiger charge is 2.29. The maximum absolute atomic E-state index is 9.96. The average molecular weight is 168 g/mol. The predicted molar refractivity (Wildman–Crippen MR) is 52.1 cm³/mol. The standard InChI is InChI=1S/C11H20O/c1-2-3-4-5-8-11(12)9-6-7-10-11/h3-4,12H,2,5-10H2,1H3. The number of hydrogen-bond donors (Lipinski definition) is 1. The second-order valence-corrected chi connectivity index (χ2v) is 3.85. The third-order valence-electron chi connectivity index (χ3n) is 2.71. The fraction of sp³-hybridized carbons (Fsp3) is 0.818. The zero-order chi connectivity index (χ0) is 8.86. The molecule has 0 amide bonds. The van der Waals surface area contributed by atoms with Crippen LogP contribution in [0.5, 0.6) is 0 Å². The van der Waals surface area contributed by atoms with Gasteiger partial charge in [-0.05, 0) is 32.1 Å². The van der Waals surface area contributed by atoms with Crippen molar-refractivity contribution in [2.45, 2.75) is 57.5 Å². The van der Waals surface area contributed by atoms with E-state index in [9.17, 15) is 5.11 Å². The van der Waals surface area contributed by atoms with Crippen molar-refractivity contribution in [3.63, 3.8) is 0 Å². The topological polar surface area (TPSA) is 20.2 Å². The molecule has 0 heterocycles. The molecule has 1 aliphatic rings. The summed E-state index contributed by atoms with van der Waals surface area (Å²) in [5.74, 6) is 0. The first-order chi connectivity index (χ1) is 5.77. The second kappa shape index (κ2) is 4.66. The molecule has 0 radical (unpaired) electrons. The summed E-state index contributed by atoms with van der Waals surface area (Å²) in [5.41, 5.74) is -0.307. The van der Waals surface area contributed by atoms with Crippen LogP contribution in [-0.4, -0.2) is 10.7 Å². The molecule has 1 nitrogen and oxygen atoms in total. The van der Waals surface area contributed by atoms with E-state index in [1.165, 1.54) is 12.8 Å². The number of hydrogen-bond acceptors (Lipinski definition) is 1. The van der Waals surface area contributed by atoms with Gasteiger partial charge in [-0.15, -0.1) is 0 Å². The second-order valence-electron chi connectivity index (χ2n) is 3.85. The molecule has 1 N–H and O–H groups in total. The van der Waals surface area contributed by atoms with Gasteiger partial charge in [-0.2, -0.15) is 0 Å². The molecule has 0 saturated heterocycles. The van der Waals surface area contributed by atoms with Crippen molar-refractivity contribution in [3.8, 4) is 0 Å². The normalized spacial score (nSPS) is 22.2. The van der Waals surface area contributed by atoms with Crippen LogP contribution in [-0.2, 0) is 0 Å². The predicted octanol–water partition coefficient (Wildman–Crippen LogP) is 3.04. The molecule has 1 rings (SSSR count). The monoisotopic (exact) mass is 168 g/mol. The van der Waals surface area contributed by atoms with Crippen LogP contribution in [0.25, 0.3) is 0 Å². The first kappa shape index (κ1) is 9.79. The molecule has 0 aromatic carbocycles. The molecule has 70 valence electrons. The third-order valence-corrected chi connectivity index (χ3v) is 2.71. The third kappa shape index (κ3) is 2.98. The van der Waals surface area contributed by atoms with Crippen LogP contribution < -0.4 is 0 Å². The quantitative estimate of drug-likeness (QED) is 0.640. The number of allylic oxidation sites excluding steroid dienone is 2. The van der Waals surface area contributed by atoms with Gasteiger partial charge in [-0.1, -0.05) is 31.9 Å². The van der Waals surface area contributed by atoms with Crippen molar-refractivity contribution in [3.05, 3.63) is 12.2 Å². The minimum atomic E-state index is -0.307. The molecule has 1 fully saturated rings. The summed E-state index contributed by atoms with van der Waals surface area (Å²) in [4.78, 5) is 0. The Morgan fingerprint density at radius 3 is 2.50 bits per heavy atom. The van der Waals surface area contributed by atoms with Gasteiger partial charge in [0.2, 0.25) is 0 Å². The van der Waals surface area contributed by atoms with Crippen LogP contribution in [0, 0.1) is 0 Å². The Labute approximate surface area is 75.5 Å². The van der Waals surface area contributed by atoms with Crippen LogP contribution in [0.1, 0.15) is 51.9 Å². The van der Waals surface area contributed by atoms with E-state index < -0.39 is 0 Å². The van der Waals surface area contributed by atoms with Crippen LogP contribution in [0.3, 0.4) is 0 Å². The summed E-state index contributed by atoms with van der Waals surface area (Å²) >= 11 is 0. The summed E-state index contributed by atoms with van der Waals surface area (Å²) in [6.07, 6.45) is 12.0. The van der Waals surface area contributed by atoms with E-state index in [0.29, 0.717) is 0 Å². The van der Waals surface area contributed by atoms with Gasteiger partial charge in [0.25, 0.3) is 0 Å². The van der Waals surface area contributed by atoms with E-state index in [-0.39, 0.29) is 5.60 Å². The molecule has 0 unspecified atom stereocenters. The Balaban J connectivity index is 2.17. The Morgan fingerprint density at radius 1 is 1.25 bits per heavy atom. The summed E-state index contributed by atoms with van der Waals surface area (Å²) in [7, 11) is 0.